The van der Waals surface area contributed by atoms with Crippen LogP contribution in [0.25, 0.3) is 5.69 Å². The molecule has 4 N–H and O–H groups in total. The average molecular weight is 396 g/mol. The molecule has 1 aromatic heterocycles. The molecule has 2 aliphatic heterocycles. The van der Waals surface area contributed by atoms with Crippen molar-refractivity contribution in [3.05, 3.63) is 81.8 Å². The van der Waals surface area contributed by atoms with Gasteiger partial charge in [-0.3, -0.25) is 4.79 Å². The normalized spacial score (nSPS) is 19.2. The predicted octanol–water partition coefficient (Wildman–Crippen LogP) is 3.16. The number of carbonyl (C=O) groups is 1. The molecule has 2 aliphatic rings. The molecule has 1 amide bonds. The molecule has 7 heteroatoms. The third kappa shape index (κ3) is 2.13. The number of aryl methyl sites for hydroxylation is 3. The van der Waals surface area contributed by atoms with E-state index in [2.05, 4.69) is 16.7 Å². The Morgan fingerprint density at radius 2 is 1.77 bits per heavy atom. The van der Waals surface area contributed by atoms with Gasteiger partial charge in [0.05, 0.1) is 17.0 Å². The van der Waals surface area contributed by atoms with E-state index in [9.17, 15) is 10.1 Å². The number of nitrogens with two attached hydrogens (primary N) is 1. The fourth-order valence-electron chi connectivity index (χ4n) is 4.54. The highest BCUT2D eigenvalue weighted by molar-refractivity contribution is 6.13. The third-order valence-electron chi connectivity index (χ3n) is 5.89. The quantitative estimate of drug-likeness (QED) is 0.585. The molecule has 3 aromatic rings. The Hall–Kier alpha value is -4.05. The molecule has 0 saturated heterocycles. The van der Waals surface area contributed by atoms with Crippen molar-refractivity contribution in [2.24, 2.45) is 5.73 Å². The minimum absolute atomic E-state index is 0.155. The maximum atomic E-state index is 13.5. The van der Waals surface area contributed by atoms with E-state index in [1.54, 1.807) is 4.68 Å². The highest BCUT2D eigenvalue weighted by Gasteiger charge is 2.57. The lowest BCUT2D eigenvalue weighted by Crippen LogP contribution is -2.43. The molecule has 0 aliphatic carbocycles. The number of carbonyl (C=O) groups excluding carboxylic acids is 1. The Morgan fingerprint density at radius 1 is 1.07 bits per heavy atom. The standard InChI is InChI=1S/C23H20N6O/c1-12-4-7-15(8-5-12)29-21-19(14(3)28-29)23(17(11-24)20(25)27-21)16-10-13(2)6-9-18(16)26-22(23)30/h4-10,27H,25H2,1-3H3,(H,26,30). The van der Waals surface area contributed by atoms with Gasteiger partial charge < -0.3 is 16.4 Å². The largest absolute Gasteiger partial charge is 0.384 e. The zero-order valence-corrected chi connectivity index (χ0v) is 16.9. The second-order valence-electron chi connectivity index (χ2n) is 7.84. The summed E-state index contributed by atoms with van der Waals surface area (Å²) in [5.41, 5.74) is 10.8. The minimum Gasteiger partial charge on any atom is -0.384 e. The number of anilines is 2. The summed E-state index contributed by atoms with van der Waals surface area (Å²) in [6.45, 7) is 5.83. The van der Waals surface area contributed by atoms with Gasteiger partial charge >= 0.3 is 0 Å². The highest BCUT2D eigenvalue weighted by Crippen LogP contribution is 2.53. The second kappa shape index (κ2) is 5.97. The minimum atomic E-state index is -1.34. The van der Waals surface area contributed by atoms with E-state index in [1.807, 2.05) is 63.2 Å². The first-order chi connectivity index (χ1) is 14.4. The Labute approximate surface area is 173 Å². The summed E-state index contributed by atoms with van der Waals surface area (Å²) in [6, 6.07) is 15.9. The Bertz CT molecular complexity index is 1310. The lowest BCUT2D eigenvalue weighted by molar-refractivity contribution is -0.118. The van der Waals surface area contributed by atoms with E-state index in [-0.39, 0.29) is 17.3 Å². The zero-order chi connectivity index (χ0) is 21.2. The third-order valence-corrected chi connectivity index (χ3v) is 5.89. The van der Waals surface area contributed by atoms with Crippen LogP contribution in [0.3, 0.4) is 0 Å². The molecule has 7 nitrogen and oxygen atoms in total. The summed E-state index contributed by atoms with van der Waals surface area (Å²) >= 11 is 0. The predicted molar refractivity (Wildman–Crippen MR) is 114 cm³/mol. The number of hydrogen-bond acceptors (Lipinski definition) is 5. The SMILES string of the molecule is Cc1ccc(-n2nc(C)c3c2NC(N)=C(C#N)C32C(=O)Nc3ccc(C)cc32)cc1. The second-order valence-corrected chi connectivity index (χ2v) is 7.84. The number of aromatic nitrogens is 2. The van der Waals surface area contributed by atoms with E-state index in [0.717, 1.165) is 22.4 Å². The molecule has 5 rings (SSSR count). The average Bonchev–Trinajstić information content (AvgIpc) is 3.18. The monoisotopic (exact) mass is 396 g/mol. The molecule has 148 valence electrons. The zero-order valence-electron chi connectivity index (χ0n) is 16.9. The van der Waals surface area contributed by atoms with Gasteiger partial charge in [0.15, 0.2) is 0 Å². The molecule has 0 bridgehead atoms. The molecule has 2 aromatic carbocycles. The van der Waals surface area contributed by atoms with Crippen molar-refractivity contribution in [2.75, 3.05) is 10.6 Å². The molecular formula is C23H20N6O. The van der Waals surface area contributed by atoms with Crippen LogP contribution >= 0.6 is 0 Å². The molecule has 30 heavy (non-hydrogen) atoms. The van der Waals surface area contributed by atoms with Crippen LogP contribution in [0.4, 0.5) is 11.5 Å². The van der Waals surface area contributed by atoms with Gasteiger partial charge in [0.25, 0.3) is 0 Å². The lowest BCUT2D eigenvalue weighted by atomic mass is 9.68. The number of nitriles is 1. The Balaban J connectivity index is 1.88. The molecule has 1 spiro atoms. The van der Waals surface area contributed by atoms with E-state index in [0.29, 0.717) is 22.8 Å². The number of hydrogen-bond donors (Lipinski definition) is 3. The van der Waals surface area contributed by atoms with Gasteiger partial charge in [-0.15, -0.1) is 0 Å². The van der Waals surface area contributed by atoms with Crippen LogP contribution < -0.4 is 16.4 Å². The van der Waals surface area contributed by atoms with Crippen LogP contribution in [0.5, 0.6) is 0 Å². The highest BCUT2D eigenvalue weighted by atomic mass is 16.2. The van der Waals surface area contributed by atoms with E-state index in [1.165, 1.54) is 0 Å². The van der Waals surface area contributed by atoms with E-state index in [4.69, 9.17) is 10.8 Å². The summed E-state index contributed by atoms with van der Waals surface area (Å²) < 4.78 is 1.74. The van der Waals surface area contributed by atoms with Crippen molar-refractivity contribution >= 4 is 17.4 Å². The van der Waals surface area contributed by atoms with Crippen LogP contribution in [0.2, 0.25) is 0 Å². The molecule has 0 fully saturated rings. The molecule has 1 atom stereocenters. The van der Waals surface area contributed by atoms with Crippen molar-refractivity contribution in [1.82, 2.24) is 9.78 Å². The first-order valence-corrected chi connectivity index (χ1v) is 9.65. The number of rotatable bonds is 1. The summed E-state index contributed by atoms with van der Waals surface area (Å²) in [4.78, 5) is 13.5. The van der Waals surface area contributed by atoms with Gasteiger partial charge in [0.1, 0.15) is 23.1 Å². The maximum Gasteiger partial charge on any atom is 0.245 e. The summed E-state index contributed by atoms with van der Waals surface area (Å²) in [5.74, 6) is 0.456. The van der Waals surface area contributed by atoms with Crippen molar-refractivity contribution in [3.63, 3.8) is 0 Å². The van der Waals surface area contributed by atoms with Crippen LogP contribution in [0, 0.1) is 32.1 Å². The topological polar surface area (TPSA) is 109 Å². The maximum absolute atomic E-state index is 13.5. The fourth-order valence-corrected chi connectivity index (χ4v) is 4.54. The molecular weight excluding hydrogens is 376 g/mol. The number of nitrogens with zero attached hydrogens (tertiary/aromatic N) is 3. The Morgan fingerprint density at radius 3 is 2.47 bits per heavy atom. The van der Waals surface area contributed by atoms with Crippen LogP contribution in [0.15, 0.2) is 53.9 Å². The number of nitrogens with one attached hydrogen (secondary N) is 2. The lowest BCUT2D eigenvalue weighted by Gasteiger charge is -2.33. The van der Waals surface area contributed by atoms with Crippen molar-refractivity contribution in [2.45, 2.75) is 26.2 Å². The number of amides is 1. The van der Waals surface area contributed by atoms with Gasteiger partial charge in [0.2, 0.25) is 5.91 Å². The summed E-state index contributed by atoms with van der Waals surface area (Å²) in [6.07, 6.45) is 0. The van der Waals surface area contributed by atoms with Gasteiger partial charge in [0, 0.05) is 16.8 Å². The van der Waals surface area contributed by atoms with Gasteiger partial charge in [-0.2, -0.15) is 10.4 Å². The Kier molecular flexibility index (Phi) is 3.59. The van der Waals surface area contributed by atoms with E-state index < -0.39 is 5.41 Å². The molecule has 0 radical (unpaired) electrons. The first kappa shape index (κ1) is 18.0. The molecule has 3 heterocycles. The van der Waals surface area contributed by atoms with Crippen LogP contribution in [-0.4, -0.2) is 15.7 Å². The van der Waals surface area contributed by atoms with Crippen molar-refractivity contribution < 1.29 is 4.79 Å². The number of benzene rings is 2. The fraction of sp³-hybridized carbons (Fsp3) is 0.174. The first-order valence-electron chi connectivity index (χ1n) is 9.65. The van der Waals surface area contributed by atoms with E-state index >= 15 is 0 Å². The van der Waals surface area contributed by atoms with Gasteiger partial charge in [-0.1, -0.05) is 35.4 Å². The van der Waals surface area contributed by atoms with Crippen LogP contribution in [0.1, 0.15) is 27.9 Å². The van der Waals surface area contributed by atoms with Gasteiger partial charge in [-0.25, -0.2) is 4.68 Å². The van der Waals surface area contributed by atoms with Crippen molar-refractivity contribution in [3.8, 4) is 11.8 Å². The van der Waals surface area contributed by atoms with Crippen molar-refractivity contribution in [1.29, 1.82) is 5.26 Å². The molecule has 0 saturated carbocycles. The van der Waals surface area contributed by atoms with Crippen LogP contribution in [-0.2, 0) is 10.2 Å². The molecule has 1 unspecified atom stereocenters. The van der Waals surface area contributed by atoms with Gasteiger partial charge in [-0.05, 0) is 39.0 Å². The summed E-state index contributed by atoms with van der Waals surface area (Å²) in [7, 11) is 0. The summed E-state index contributed by atoms with van der Waals surface area (Å²) in [5, 5.41) is 20.8. The number of fused-ring (bicyclic) bond motifs is 4. The smallest absolute Gasteiger partial charge is 0.245 e.